The van der Waals surface area contributed by atoms with Gasteiger partial charge >= 0.3 is 11.4 Å². The second-order valence-corrected chi connectivity index (χ2v) is 6.14. The summed E-state index contributed by atoms with van der Waals surface area (Å²) in [4.78, 5) is 20.3. The van der Waals surface area contributed by atoms with E-state index in [1.807, 2.05) is 0 Å². The Labute approximate surface area is 167 Å². The Hall–Kier alpha value is -3.40. The number of nitro benzene ring substituents is 2. The van der Waals surface area contributed by atoms with Gasteiger partial charge in [-0.1, -0.05) is 22.0 Å². The van der Waals surface area contributed by atoms with Gasteiger partial charge in [0.05, 0.1) is 36.6 Å². The maximum Gasteiger partial charge on any atom is 0.312 e. The Bertz CT molecular complexity index is 974. The van der Waals surface area contributed by atoms with Crippen LogP contribution in [-0.4, -0.2) is 24.1 Å². The molecular weight excluding hydrogens is 436 g/mol. The molecule has 1 aromatic heterocycles. The molecule has 3 aromatic rings. The predicted molar refractivity (Wildman–Crippen MR) is 105 cm³/mol. The first-order valence-electron chi connectivity index (χ1n) is 7.70. The Morgan fingerprint density at radius 2 is 1.43 bits per heavy atom. The number of hydrogen-bond donors (Lipinski definition) is 0. The second-order valence-electron chi connectivity index (χ2n) is 5.23. The number of hydrogen-bond acceptors (Lipinski definition) is 7. The highest BCUT2D eigenvalue weighted by Gasteiger charge is 2.16. The molecule has 1 heterocycles. The highest BCUT2D eigenvalue weighted by Crippen LogP contribution is 2.32. The molecule has 0 saturated heterocycles. The van der Waals surface area contributed by atoms with Gasteiger partial charge in [0.1, 0.15) is 0 Å². The van der Waals surface area contributed by atoms with Gasteiger partial charge in [-0.3, -0.25) is 20.2 Å². The van der Waals surface area contributed by atoms with E-state index in [0.717, 1.165) is 11.1 Å². The van der Waals surface area contributed by atoms with Gasteiger partial charge in [-0.15, -0.1) is 0 Å². The fraction of sp³-hybridized carbons (Fsp3) is 0.111. The molecule has 0 aliphatic carbocycles. The standard InChI is InChI=1S/C11H9NO4.C7H6BrNO3/c1-15-11-3-2-8(6-10(11)12(13)14)9-4-5-16-7-9;1-12-7-3-2-5(8)4-6(7)9(10)11/h2-7H,1H3;2-4H,1H3. The molecule has 0 fully saturated rings. The predicted octanol–water partition coefficient (Wildman–Crippen LogP) is 5.23. The molecule has 0 unspecified atom stereocenters. The minimum atomic E-state index is -0.483. The maximum absolute atomic E-state index is 10.8. The van der Waals surface area contributed by atoms with Crippen LogP contribution in [0.25, 0.3) is 11.1 Å². The summed E-state index contributed by atoms with van der Waals surface area (Å²) in [7, 11) is 2.80. The van der Waals surface area contributed by atoms with Crippen molar-refractivity contribution >= 4 is 27.3 Å². The SMILES string of the molecule is COc1ccc(-c2ccoc2)cc1[N+](=O)[O-].COc1ccc(Br)cc1[N+](=O)[O-]. The molecule has 0 atom stereocenters. The summed E-state index contributed by atoms with van der Waals surface area (Å²) in [5.74, 6) is 0.514. The first-order valence-corrected chi connectivity index (χ1v) is 8.49. The monoisotopic (exact) mass is 450 g/mol. The van der Waals surface area contributed by atoms with Crippen molar-refractivity contribution in [2.45, 2.75) is 0 Å². The van der Waals surface area contributed by atoms with Crippen molar-refractivity contribution in [3.05, 3.63) is 79.7 Å². The quantitative estimate of drug-likeness (QED) is 0.385. The number of nitrogens with zero attached hydrogens (tertiary/aromatic N) is 2. The second kappa shape index (κ2) is 9.51. The average Bonchev–Trinajstić information content (AvgIpc) is 3.22. The van der Waals surface area contributed by atoms with Gasteiger partial charge in [-0.25, -0.2) is 0 Å². The minimum Gasteiger partial charge on any atom is -0.490 e. The zero-order chi connectivity index (χ0) is 20.7. The molecule has 0 bridgehead atoms. The smallest absolute Gasteiger partial charge is 0.312 e. The molecule has 2 aromatic carbocycles. The third-order valence-electron chi connectivity index (χ3n) is 3.57. The summed E-state index contributed by atoms with van der Waals surface area (Å²) in [5, 5.41) is 21.2. The average molecular weight is 451 g/mol. The van der Waals surface area contributed by atoms with E-state index in [1.165, 1.54) is 38.9 Å². The molecule has 3 rings (SSSR count). The van der Waals surface area contributed by atoms with E-state index in [9.17, 15) is 20.2 Å². The van der Waals surface area contributed by atoms with Crippen LogP contribution in [0.15, 0.2) is 63.9 Å². The van der Waals surface area contributed by atoms with Gasteiger partial charge in [-0.2, -0.15) is 0 Å². The van der Waals surface area contributed by atoms with Crippen LogP contribution in [0.3, 0.4) is 0 Å². The lowest BCUT2D eigenvalue weighted by atomic mass is 10.1. The van der Waals surface area contributed by atoms with E-state index in [-0.39, 0.29) is 22.9 Å². The number of ether oxygens (including phenoxy) is 2. The summed E-state index contributed by atoms with van der Waals surface area (Å²) in [6, 6.07) is 11.2. The Kier molecular flexibility index (Phi) is 7.10. The number of nitro groups is 2. The molecule has 0 radical (unpaired) electrons. The third kappa shape index (κ3) is 5.07. The van der Waals surface area contributed by atoms with Gasteiger partial charge in [-0.05, 0) is 29.8 Å². The van der Waals surface area contributed by atoms with Crippen LogP contribution >= 0.6 is 15.9 Å². The fourth-order valence-electron chi connectivity index (χ4n) is 2.25. The van der Waals surface area contributed by atoms with Crippen LogP contribution < -0.4 is 9.47 Å². The van der Waals surface area contributed by atoms with Crippen LogP contribution in [0, 0.1) is 20.2 Å². The third-order valence-corrected chi connectivity index (χ3v) is 4.06. The highest BCUT2D eigenvalue weighted by atomic mass is 79.9. The van der Waals surface area contributed by atoms with E-state index in [4.69, 9.17) is 13.9 Å². The summed E-state index contributed by atoms with van der Waals surface area (Å²) >= 11 is 3.13. The van der Waals surface area contributed by atoms with Crippen molar-refractivity contribution in [1.82, 2.24) is 0 Å². The van der Waals surface area contributed by atoms with Gasteiger partial charge < -0.3 is 13.9 Å². The van der Waals surface area contributed by atoms with Crippen LogP contribution in [0.4, 0.5) is 11.4 Å². The number of benzene rings is 2. The highest BCUT2D eigenvalue weighted by molar-refractivity contribution is 9.10. The summed E-state index contributed by atoms with van der Waals surface area (Å²) in [6.45, 7) is 0. The Balaban J connectivity index is 0.000000209. The Morgan fingerprint density at radius 1 is 0.857 bits per heavy atom. The van der Waals surface area contributed by atoms with Crippen LogP contribution in [0.5, 0.6) is 11.5 Å². The summed E-state index contributed by atoms with van der Waals surface area (Å²) in [5.41, 5.74) is 1.43. The molecule has 0 aliphatic rings. The van der Waals surface area contributed by atoms with Crippen LogP contribution in [-0.2, 0) is 0 Å². The van der Waals surface area contributed by atoms with Gasteiger partial charge in [0.15, 0.2) is 11.5 Å². The maximum atomic E-state index is 10.8. The lowest BCUT2D eigenvalue weighted by Crippen LogP contribution is -1.93. The van der Waals surface area contributed by atoms with Crippen molar-refractivity contribution in [1.29, 1.82) is 0 Å². The van der Waals surface area contributed by atoms with Gasteiger partial charge in [0.25, 0.3) is 0 Å². The van der Waals surface area contributed by atoms with Crippen molar-refractivity contribution < 1.29 is 23.7 Å². The fourth-order valence-corrected chi connectivity index (χ4v) is 2.60. The van der Waals surface area contributed by atoms with Crippen molar-refractivity contribution in [2.75, 3.05) is 14.2 Å². The van der Waals surface area contributed by atoms with Crippen LogP contribution in [0.2, 0.25) is 0 Å². The molecule has 0 spiro atoms. The lowest BCUT2D eigenvalue weighted by Gasteiger charge is -2.03. The molecule has 0 aliphatic heterocycles. The first kappa shape index (κ1) is 20.9. The van der Waals surface area contributed by atoms with Crippen molar-refractivity contribution in [3.8, 4) is 22.6 Å². The molecule has 9 nitrogen and oxygen atoms in total. The topological polar surface area (TPSA) is 118 Å². The molecule has 0 N–H and O–H groups in total. The molecular formula is C18H15BrN2O7. The van der Waals surface area contributed by atoms with E-state index in [0.29, 0.717) is 4.47 Å². The number of rotatable bonds is 5. The Morgan fingerprint density at radius 3 is 1.93 bits per heavy atom. The first-order chi connectivity index (χ1) is 13.4. The largest absolute Gasteiger partial charge is 0.490 e. The van der Waals surface area contributed by atoms with Crippen molar-refractivity contribution in [2.24, 2.45) is 0 Å². The molecule has 28 heavy (non-hydrogen) atoms. The normalized spacial score (nSPS) is 9.82. The van der Waals surface area contributed by atoms with E-state index in [2.05, 4.69) is 15.9 Å². The number of furan rings is 1. The van der Waals surface area contributed by atoms with E-state index < -0.39 is 9.85 Å². The summed E-state index contributed by atoms with van der Waals surface area (Å²) < 4.78 is 15.3. The zero-order valence-electron chi connectivity index (χ0n) is 14.8. The molecule has 146 valence electrons. The minimum absolute atomic E-state index is 0.0353. The zero-order valence-corrected chi connectivity index (χ0v) is 16.4. The number of methoxy groups -OCH3 is 2. The van der Waals surface area contributed by atoms with Gasteiger partial charge in [0, 0.05) is 22.2 Å². The van der Waals surface area contributed by atoms with Gasteiger partial charge in [0.2, 0.25) is 0 Å². The molecule has 0 saturated carbocycles. The number of halogens is 1. The van der Waals surface area contributed by atoms with E-state index in [1.54, 1.807) is 30.3 Å². The van der Waals surface area contributed by atoms with E-state index >= 15 is 0 Å². The molecule has 10 heteroatoms. The van der Waals surface area contributed by atoms with Crippen LogP contribution in [0.1, 0.15) is 0 Å². The summed E-state index contributed by atoms with van der Waals surface area (Å²) in [6.07, 6.45) is 3.05. The molecule has 0 amide bonds. The van der Waals surface area contributed by atoms with Crippen molar-refractivity contribution in [3.63, 3.8) is 0 Å². The lowest BCUT2D eigenvalue weighted by molar-refractivity contribution is -0.385.